The fourth-order valence-corrected chi connectivity index (χ4v) is 3.70. The van der Waals surface area contributed by atoms with Gasteiger partial charge in [-0.2, -0.15) is 0 Å². The van der Waals surface area contributed by atoms with Gasteiger partial charge < -0.3 is 19.9 Å². The fourth-order valence-electron chi connectivity index (χ4n) is 3.70. The van der Waals surface area contributed by atoms with E-state index < -0.39 is 0 Å². The summed E-state index contributed by atoms with van der Waals surface area (Å²) in [5.41, 5.74) is 2.17. The van der Waals surface area contributed by atoms with Crippen LogP contribution >= 0.6 is 24.0 Å². The standard InChI is InChI=1S/C22H31N5O2.HI/c1-5-29-21(28)16-10-12-27(13-11-16)22(23-2)24-15-17-14-20(26(3)4)25-19-9-7-6-8-18(17)19;/h6-9,14,16H,5,10-13,15H2,1-4H3,(H,23,24);1H. The van der Waals surface area contributed by atoms with Crippen LogP contribution in [0.4, 0.5) is 5.82 Å². The molecule has 1 fully saturated rings. The minimum absolute atomic E-state index is 0. The molecule has 1 N–H and O–H groups in total. The minimum Gasteiger partial charge on any atom is -0.466 e. The molecule has 0 aliphatic carbocycles. The molecule has 0 spiro atoms. The van der Waals surface area contributed by atoms with Gasteiger partial charge in [0.1, 0.15) is 5.82 Å². The van der Waals surface area contributed by atoms with Crippen molar-refractivity contribution in [3.05, 3.63) is 35.9 Å². The van der Waals surface area contributed by atoms with Crippen molar-refractivity contribution >= 4 is 52.6 Å². The number of halogens is 1. The predicted molar refractivity (Wildman–Crippen MR) is 133 cm³/mol. The third-order valence-corrected chi connectivity index (χ3v) is 5.31. The van der Waals surface area contributed by atoms with E-state index in [1.54, 1.807) is 7.05 Å². The van der Waals surface area contributed by atoms with Crippen LogP contribution < -0.4 is 10.2 Å². The number of carbonyl (C=O) groups is 1. The second-order valence-corrected chi connectivity index (χ2v) is 7.47. The maximum atomic E-state index is 12.0. The Morgan fingerprint density at radius 2 is 2.00 bits per heavy atom. The van der Waals surface area contributed by atoms with E-state index in [9.17, 15) is 4.79 Å². The zero-order valence-electron chi connectivity index (χ0n) is 18.2. The molecule has 7 nitrogen and oxygen atoms in total. The predicted octanol–water partition coefficient (Wildman–Crippen LogP) is 3.27. The molecule has 0 amide bonds. The molecular formula is C22H32IN5O2. The number of piperidine rings is 1. The van der Waals surface area contributed by atoms with Crippen molar-refractivity contribution in [3.63, 3.8) is 0 Å². The van der Waals surface area contributed by atoms with Gasteiger partial charge in [0.2, 0.25) is 0 Å². The molecule has 1 aromatic heterocycles. The molecule has 0 saturated carbocycles. The zero-order chi connectivity index (χ0) is 20.8. The molecule has 164 valence electrons. The van der Waals surface area contributed by atoms with E-state index >= 15 is 0 Å². The normalized spacial score (nSPS) is 14.9. The van der Waals surface area contributed by atoms with Gasteiger partial charge in [-0.3, -0.25) is 9.79 Å². The van der Waals surface area contributed by atoms with Crippen molar-refractivity contribution in [1.82, 2.24) is 15.2 Å². The summed E-state index contributed by atoms with van der Waals surface area (Å²) < 4.78 is 5.17. The summed E-state index contributed by atoms with van der Waals surface area (Å²) in [6.45, 7) is 4.54. The average molecular weight is 525 g/mol. The van der Waals surface area contributed by atoms with Crippen LogP contribution in [0.3, 0.4) is 0 Å². The minimum atomic E-state index is -0.0745. The van der Waals surface area contributed by atoms with Crippen molar-refractivity contribution in [1.29, 1.82) is 0 Å². The number of hydrogen-bond donors (Lipinski definition) is 1. The lowest BCUT2D eigenvalue weighted by Gasteiger charge is -2.33. The first kappa shape index (κ1) is 24.2. The number of pyridine rings is 1. The molecule has 3 rings (SSSR count). The van der Waals surface area contributed by atoms with Crippen LogP contribution in [0.25, 0.3) is 10.9 Å². The number of nitrogens with zero attached hydrogens (tertiary/aromatic N) is 4. The first-order valence-corrected chi connectivity index (χ1v) is 10.2. The number of hydrogen-bond acceptors (Lipinski definition) is 5. The summed E-state index contributed by atoms with van der Waals surface area (Å²) in [5.74, 6) is 1.72. The molecule has 2 aromatic rings. The number of rotatable bonds is 5. The summed E-state index contributed by atoms with van der Waals surface area (Å²) in [4.78, 5) is 25.4. The summed E-state index contributed by atoms with van der Waals surface area (Å²) >= 11 is 0. The van der Waals surface area contributed by atoms with Crippen LogP contribution in [0.15, 0.2) is 35.3 Å². The van der Waals surface area contributed by atoms with Gasteiger partial charge in [-0.15, -0.1) is 24.0 Å². The highest BCUT2D eigenvalue weighted by Gasteiger charge is 2.27. The van der Waals surface area contributed by atoms with E-state index in [0.29, 0.717) is 13.2 Å². The average Bonchev–Trinajstić information content (AvgIpc) is 2.74. The number of carbonyl (C=O) groups excluding carboxylic acids is 1. The first-order chi connectivity index (χ1) is 14.0. The fraction of sp³-hybridized carbons (Fsp3) is 0.500. The van der Waals surface area contributed by atoms with Crippen molar-refractivity contribution in [2.75, 3.05) is 45.7 Å². The Kier molecular flexibility index (Phi) is 9.13. The van der Waals surface area contributed by atoms with Crippen molar-refractivity contribution in [2.45, 2.75) is 26.3 Å². The molecule has 1 aromatic carbocycles. The van der Waals surface area contributed by atoms with E-state index in [1.807, 2.05) is 44.1 Å². The third-order valence-electron chi connectivity index (χ3n) is 5.31. The SMILES string of the molecule is CCOC(=O)C1CCN(C(=NC)NCc2cc(N(C)C)nc3ccccc23)CC1.I. The lowest BCUT2D eigenvalue weighted by atomic mass is 9.97. The Balaban J connectivity index is 0.00000320. The number of anilines is 1. The van der Waals surface area contributed by atoms with E-state index in [4.69, 9.17) is 9.72 Å². The van der Waals surface area contributed by atoms with Gasteiger partial charge in [0, 0.05) is 46.2 Å². The largest absolute Gasteiger partial charge is 0.466 e. The van der Waals surface area contributed by atoms with Crippen LogP contribution in [0.5, 0.6) is 0 Å². The summed E-state index contributed by atoms with van der Waals surface area (Å²) in [5, 5.41) is 4.64. The molecule has 1 aliphatic rings. The Labute approximate surface area is 195 Å². The number of para-hydroxylation sites is 1. The number of likely N-dealkylation sites (tertiary alicyclic amines) is 1. The molecule has 0 atom stereocenters. The smallest absolute Gasteiger partial charge is 0.309 e. The number of nitrogens with one attached hydrogen (secondary N) is 1. The topological polar surface area (TPSA) is 70.1 Å². The van der Waals surface area contributed by atoms with Crippen molar-refractivity contribution in [3.8, 4) is 0 Å². The van der Waals surface area contributed by atoms with Crippen LogP contribution in [-0.4, -0.2) is 62.7 Å². The number of aromatic nitrogens is 1. The second-order valence-electron chi connectivity index (χ2n) is 7.47. The van der Waals surface area contributed by atoms with Gasteiger partial charge in [-0.1, -0.05) is 18.2 Å². The summed E-state index contributed by atoms with van der Waals surface area (Å²) in [6, 6.07) is 10.3. The Bertz CT molecular complexity index is 879. The number of esters is 1. The number of aliphatic imine (C=N–C) groups is 1. The highest BCUT2D eigenvalue weighted by Crippen LogP contribution is 2.23. The highest BCUT2D eigenvalue weighted by molar-refractivity contribution is 14.0. The van der Waals surface area contributed by atoms with Gasteiger partial charge in [0.25, 0.3) is 0 Å². The highest BCUT2D eigenvalue weighted by atomic mass is 127. The Morgan fingerprint density at radius 1 is 1.30 bits per heavy atom. The monoisotopic (exact) mass is 525 g/mol. The molecule has 1 saturated heterocycles. The van der Waals surface area contributed by atoms with Crippen LogP contribution in [0.2, 0.25) is 0 Å². The lowest BCUT2D eigenvalue weighted by Crippen LogP contribution is -2.46. The molecule has 0 bridgehead atoms. The van der Waals surface area contributed by atoms with E-state index in [1.165, 1.54) is 5.56 Å². The van der Waals surface area contributed by atoms with E-state index in [-0.39, 0.29) is 35.9 Å². The number of guanidine groups is 1. The number of ether oxygens (including phenoxy) is 1. The Morgan fingerprint density at radius 3 is 2.63 bits per heavy atom. The molecule has 2 heterocycles. The van der Waals surface area contributed by atoms with Crippen LogP contribution in [0.1, 0.15) is 25.3 Å². The molecule has 1 aliphatic heterocycles. The molecule has 0 unspecified atom stereocenters. The van der Waals surface area contributed by atoms with Gasteiger partial charge in [-0.05, 0) is 37.5 Å². The third kappa shape index (κ3) is 5.74. The molecule has 30 heavy (non-hydrogen) atoms. The first-order valence-electron chi connectivity index (χ1n) is 10.2. The van der Waals surface area contributed by atoms with Gasteiger partial charge >= 0.3 is 5.97 Å². The van der Waals surface area contributed by atoms with Gasteiger partial charge in [0.15, 0.2) is 5.96 Å². The number of benzene rings is 1. The summed E-state index contributed by atoms with van der Waals surface area (Å²) in [7, 11) is 5.80. The number of fused-ring (bicyclic) bond motifs is 1. The molecule has 8 heteroatoms. The van der Waals surface area contributed by atoms with E-state index in [2.05, 4.69) is 27.3 Å². The zero-order valence-corrected chi connectivity index (χ0v) is 20.6. The van der Waals surface area contributed by atoms with Crippen LogP contribution in [-0.2, 0) is 16.1 Å². The van der Waals surface area contributed by atoms with Gasteiger partial charge in [-0.25, -0.2) is 4.98 Å². The van der Waals surface area contributed by atoms with Gasteiger partial charge in [0.05, 0.1) is 18.0 Å². The van der Waals surface area contributed by atoms with Crippen molar-refractivity contribution in [2.24, 2.45) is 10.9 Å². The maximum absolute atomic E-state index is 12.0. The van der Waals surface area contributed by atoms with E-state index in [0.717, 1.165) is 48.6 Å². The lowest BCUT2D eigenvalue weighted by molar-refractivity contribution is -0.149. The van der Waals surface area contributed by atoms with Crippen LogP contribution in [0, 0.1) is 5.92 Å². The summed E-state index contributed by atoms with van der Waals surface area (Å²) in [6.07, 6.45) is 1.59. The maximum Gasteiger partial charge on any atom is 0.309 e. The quantitative estimate of drug-likeness (QED) is 0.280. The Hall–Kier alpha value is -2.10. The molecule has 0 radical (unpaired) electrons. The second kappa shape index (κ2) is 11.3. The molecular weight excluding hydrogens is 493 g/mol. The van der Waals surface area contributed by atoms with Crippen molar-refractivity contribution < 1.29 is 9.53 Å².